The molecule has 14 heteroatoms. The first-order chi connectivity index (χ1) is 24.5. The Morgan fingerprint density at radius 2 is 1.63 bits per heavy atom. The molecule has 286 valence electrons. The molecule has 1 aliphatic carbocycles. The van der Waals surface area contributed by atoms with Gasteiger partial charge in [-0.15, -0.1) is 0 Å². The number of nitrogens with one attached hydrogen (secondary N) is 1. The van der Waals surface area contributed by atoms with Gasteiger partial charge in [-0.3, -0.25) is 4.57 Å². The number of nitrogens with zero attached hydrogens (tertiary/aromatic N) is 3. The third-order valence-corrected chi connectivity index (χ3v) is 17.7. The Morgan fingerprint density at radius 3 is 2.27 bits per heavy atom. The van der Waals surface area contributed by atoms with Crippen LogP contribution in [0.5, 0.6) is 6.01 Å². The first kappa shape index (κ1) is 39.2. The Morgan fingerprint density at radius 1 is 0.981 bits per heavy atom. The van der Waals surface area contributed by atoms with Crippen LogP contribution in [0.15, 0.2) is 30.3 Å². The van der Waals surface area contributed by atoms with Gasteiger partial charge in [-0.05, 0) is 67.4 Å². The number of alkyl carbamates (subject to hydrolysis) is 1. The molecule has 1 aromatic carbocycles. The summed E-state index contributed by atoms with van der Waals surface area (Å²) in [6.07, 6.45) is 2.54. The van der Waals surface area contributed by atoms with E-state index in [4.69, 9.17) is 49.7 Å². The van der Waals surface area contributed by atoms with Gasteiger partial charge in [0, 0.05) is 26.3 Å². The van der Waals surface area contributed by atoms with Crippen molar-refractivity contribution in [1.82, 2.24) is 19.9 Å². The molecule has 4 heterocycles. The van der Waals surface area contributed by atoms with Gasteiger partial charge in [-0.2, -0.15) is 4.98 Å². The van der Waals surface area contributed by atoms with E-state index in [-0.39, 0.29) is 48.3 Å². The number of imidazole rings is 1. The van der Waals surface area contributed by atoms with Crippen molar-refractivity contribution in [1.29, 1.82) is 0 Å². The van der Waals surface area contributed by atoms with Gasteiger partial charge >= 0.3 is 12.1 Å². The summed E-state index contributed by atoms with van der Waals surface area (Å²) in [5.74, 6) is 0.432. The van der Waals surface area contributed by atoms with Crippen LogP contribution in [0.3, 0.4) is 0 Å². The minimum Gasteiger partial charge on any atom is -0.456 e. The zero-order chi connectivity index (χ0) is 37.4. The number of amides is 1. The summed E-state index contributed by atoms with van der Waals surface area (Å²) in [7, 11) is -1.91. The fourth-order valence-electron chi connectivity index (χ4n) is 6.98. The predicted molar refractivity (Wildman–Crippen MR) is 209 cm³/mol. The fraction of sp³-hybridized carbons (Fsp3) is 0.658. The molecule has 2 aliphatic heterocycles. The molecule has 0 unspecified atom stereocenters. The van der Waals surface area contributed by atoms with Gasteiger partial charge in [-0.25, -0.2) is 9.78 Å². The Balaban J connectivity index is 1.21. The summed E-state index contributed by atoms with van der Waals surface area (Å²) in [6.45, 7) is 20.0. The van der Waals surface area contributed by atoms with Gasteiger partial charge in [0.2, 0.25) is 0 Å². The van der Waals surface area contributed by atoms with Crippen LogP contribution in [0.25, 0.3) is 22.4 Å². The number of carbonyl (C=O) groups excluding carboxylic acids is 1. The minimum absolute atomic E-state index is 0.0836. The molecule has 1 amide bonds. The number of halogens is 1. The molecule has 11 nitrogen and oxygen atoms in total. The van der Waals surface area contributed by atoms with Crippen LogP contribution in [0, 0.1) is 0 Å². The highest BCUT2D eigenvalue weighted by Gasteiger charge is 2.52. The van der Waals surface area contributed by atoms with E-state index in [1.54, 1.807) is 0 Å². The number of fused-ring (bicyclic) bond motifs is 2. The first-order valence-corrected chi connectivity index (χ1v) is 25.7. The van der Waals surface area contributed by atoms with E-state index in [1.807, 2.05) is 10.6 Å². The normalized spacial score (nSPS) is 25.3. The SMILES string of the molecule is COC(=O)N[C@H]1CC[C@H](c2ccc(-c3nc4c(cc3Cl)nc(O[C@@H]3CO[C@H]5[C@@H]3OC[C@H]5O[Si](C)(C)C(C)(C)C)n4COCC[Si](C)(C)C)cc2)CC1. The molecule has 1 saturated carbocycles. The number of carbonyl (C=O) groups is 1. The van der Waals surface area contributed by atoms with Crippen molar-refractivity contribution in [2.75, 3.05) is 26.9 Å². The van der Waals surface area contributed by atoms with Crippen LogP contribution in [0.2, 0.25) is 48.8 Å². The van der Waals surface area contributed by atoms with Crippen LogP contribution in [-0.2, 0) is 30.1 Å². The zero-order valence-electron chi connectivity index (χ0n) is 32.3. The summed E-state index contributed by atoms with van der Waals surface area (Å²) >= 11 is 6.90. The van der Waals surface area contributed by atoms with Gasteiger partial charge in [0.15, 0.2) is 20.1 Å². The van der Waals surface area contributed by atoms with E-state index >= 15 is 0 Å². The Labute approximate surface area is 315 Å². The molecule has 3 fully saturated rings. The highest BCUT2D eigenvalue weighted by Crippen LogP contribution is 2.41. The average molecular weight is 774 g/mol. The highest BCUT2D eigenvalue weighted by molar-refractivity contribution is 6.76. The van der Waals surface area contributed by atoms with E-state index < -0.39 is 16.4 Å². The maximum Gasteiger partial charge on any atom is 0.407 e. The smallest absolute Gasteiger partial charge is 0.407 e. The molecular formula is C38H57ClN4O7Si2. The number of aromatic nitrogens is 3. The van der Waals surface area contributed by atoms with Crippen molar-refractivity contribution < 1.29 is 32.9 Å². The minimum atomic E-state index is -2.02. The van der Waals surface area contributed by atoms with Crippen molar-refractivity contribution in [3.63, 3.8) is 0 Å². The molecule has 0 bridgehead atoms. The van der Waals surface area contributed by atoms with E-state index in [0.29, 0.717) is 53.6 Å². The van der Waals surface area contributed by atoms with Crippen LogP contribution in [0.4, 0.5) is 4.79 Å². The number of hydrogen-bond donors (Lipinski definition) is 1. The Hall–Kier alpha value is -2.53. The molecule has 1 N–H and O–H groups in total. The summed E-state index contributed by atoms with van der Waals surface area (Å²) < 4.78 is 38.8. The van der Waals surface area contributed by atoms with Gasteiger partial charge < -0.3 is 33.4 Å². The van der Waals surface area contributed by atoms with Gasteiger partial charge in [-0.1, -0.05) is 76.3 Å². The highest BCUT2D eigenvalue weighted by atomic mass is 35.5. The van der Waals surface area contributed by atoms with Crippen molar-refractivity contribution >= 4 is 45.2 Å². The molecule has 52 heavy (non-hydrogen) atoms. The third kappa shape index (κ3) is 8.88. The average Bonchev–Trinajstić information content (AvgIpc) is 3.76. The molecule has 0 radical (unpaired) electrons. The molecule has 6 rings (SSSR count). The number of benzene rings is 1. The number of ether oxygens (including phenoxy) is 5. The Bertz CT molecular complexity index is 1700. The van der Waals surface area contributed by atoms with Crippen molar-refractivity contribution in [2.45, 2.75) is 133 Å². The monoisotopic (exact) mass is 772 g/mol. The topological polar surface area (TPSA) is 115 Å². The van der Waals surface area contributed by atoms with Crippen LogP contribution in [-0.4, -0.2) is 94.4 Å². The van der Waals surface area contributed by atoms with Gasteiger partial charge in [0.05, 0.1) is 37.1 Å². The summed E-state index contributed by atoms with van der Waals surface area (Å²) in [4.78, 5) is 21.6. The maximum atomic E-state index is 11.6. The lowest BCUT2D eigenvalue weighted by molar-refractivity contribution is 0.00687. The zero-order valence-corrected chi connectivity index (χ0v) is 35.0. The molecule has 4 atom stereocenters. The molecule has 2 aromatic heterocycles. The summed E-state index contributed by atoms with van der Waals surface area (Å²) in [5, 5.41) is 3.54. The Kier molecular flexibility index (Phi) is 11.8. The van der Waals surface area contributed by atoms with Crippen molar-refractivity contribution in [3.8, 4) is 17.3 Å². The quantitative estimate of drug-likeness (QED) is 0.143. The summed E-state index contributed by atoms with van der Waals surface area (Å²) in [5.41, 5.74) is 4.15. The molecule has 3 aromatic rings. The molecular weight excluding hydrogens is 716 g/mol. The van der Waals surface area contributed by atoms with E-state index in [9.17, 15) is 4.79 Å². The maximum absolute atomic E-state index is 11.6. The van der Waals surface area contributed by atoms with E-state index in [2.05, 4.69) is 83.1 Å². The molecule has 2 saturated heterocycles. The second kappa shape index (κ2) is 15.7. The lowest BCUT2D eigenvalue weighted by atomic mass is 9.81. The standard InChI is InChI=1S/C38H57ClN4O7Si2/c1-38(2,3)52(8,9)50-31-22-48-33-30(21-47-34(31)33)49-36-41-29-20-28(39)32(42-35(29)43(36)23-46-18-19-51(5,6)7)26-12-10-24(11-13-26)25-14-16-27(17-15-25)40-37(44)45-4/h10-13,20,25,27,30-31,33-34H,14-19,21-23H2,1-9H3,(H,40,44)/t25-,27-,30-,31-,33-,34-/m1/s1. The number of hydrogen-bond acceptors (Lipinski definition) is 9. The second-order valence-electron chi connectivity index (χ2n) is 17.3. The lowest BCUT2D eigenvalue weighted by Crippen LogP contribution is -2.47. The van der Waals surface area contributed by atoms with Gasteiger partial charge in [0.25, 0.3) is 0 Å². The number of methoxy groups -OCH3 is 1. The van der Waals surface area contributed by atoms with Gasteiger partial charge in [0.1, 0.15) is 24.5 Å². The molecule has 3 aliphatic rings. The third-order valence-electron chi connectivity index (χ3n) is 11.2. The lowest BCUT2D eigenvalue weighted by Gasteiger charge is -2.39. The van der Waals surface area contributed by atoms with Crippen LogP contribution < -0.4 is 10.1 Å². The second-order valence-corrected chi connectivity index (χ2v) is 28.1. The van der Waals surface area contributed by atoms with E-state index in [0.717, 1.165) is 37.3 Å². The largest absolute Gasteiger partial charge is 0.456 e. The number of pyridine rings is 1. The van der Waals surface area contributed by atoms with Crippen LogP contribution >= 0.6 is 11.6 Å². The summed E-state index contributed by atoms with van der Waals surface area (Å²) in [6, 6.07) is 12.0. The van der Waals surface area contributed by atoms with E-state index in [1.165, 1.54) is 12.7 Å². The first-order valence-electron chi connectivity index (χ1n) is 18.7. The van der Waals surface area contributed by atoms with Crippen molar-refractivity contribution in [2.24, 2.45) is 0 Å². The van der Waals surface area contributed by atoms with Crippen LogP contribution in [0.1, 0.15) is 57.9 Å². The predicted octanol–water partition coefficient (Wildman–Crippen LogP) is 8.38. The fourth-order valence-corrected chi connectivity index (χ4v) is 9.30. The van der Waals surface area contributed by atoms with Crippen molar-refractivity contribution in [3.05, 3.63) is 40.9 Å². The number of rotatable bonds is 12. The molecule has 0 spiro atoms.